The third kappa shape index (κ3) is 2.70. The van der Waals surface area contributed by atoms with Gasteiger partial charge in [-0.25, -0.2) is 4.98 Å². The summed E-state index contributed by atoms with van der Waals surface area (Å²) >= 11 is 0. The van der Waals surface area contributed by atoms with Gasteiger partial charge in [-0.2, -0.15) is 0 Å². The molecule has 0 saturated heterocycles. The lowest BCUT2D eigenvalue weighted by atomic mass is 10.2. The van der Waals surface area contributed by atoms with Crippen LogP contribution in [0.4, 0.5) is 5.82 Å². The Balaban J connectivity index is 2.69. The first-order chi connectivity index (χ1) is 6.75. The third-order valence-electron chi connectivity index (χ3n) is 1.73. The van der Waals surface area contributed by atoms with Gasteiger partial charge in [0, 0.05) is 19.3 Å². The van der Waals surface area contributed by atoms with Crippen molar-refractivity contribution in [1.29, 1.82) is 5.41 Å². The molecule has 0 aromatic carbocycles. The van der Waals surface area contributed by atoms with Crippen molar-refractivity contribution in [2.75, 3.05) is 18.5 Å². The zero-order chi connectivity index (χ0) is 10.4. The van der Waals surface area contributed by atoms with Crippen molar-refractivity contribution < 1.29 is 5.11 Å². The number of nitrogen functional groups attached to an aromatic ring is 1. The van der Waals surface area contributed by atoms with E-state index in [4.69, 9.17) is 16.2 Å². The monoisotopic (exact) mass is 194 g/mol. The number of nitrogens with two attached hydrogens (primary N) is 1. The Bertz CT molecular complexity index is 313. The number of aromatic nitrogens is 1. The molecular formula is C9H14N4O. The lowest BCUT2D eigenvalue weighted by Gasteiger charge is -2.08. The molecule has 1 rings (SSSR count). The Morgan fingerprint density at radius 2 is 2.43 bits per heavy atom. The average Bonchev–Trinajstić information content (AvgIpc) is 2.19. The second kappa shape index (κ2) is 5.18. The van der Waals surface area contributed by atoms with Gasteiger partial charge in [0.25, 0.3) is 0 Å². The first kappa shape index (κ1) is 10.5. The van der Waals surface area contributed by atoms with Gasteiger partial charge in [0.2, 0.25) is 0 Å². The van der Waals surface area contributed by atoms with E-state index in [1.807, 2.05) is 0 Å². The van der Waals surface area contributed by atoms with E-state index in [9.17, 15) is 0 Å². The van der Waals surface area contributed by atoms with Crippen molar-refractivity contribution in [2.45, 2.75) is 6.42 Å². The average molecular weight is 194 g/mol. The Morgan fingerprint density at radius 1 is 1.64 bits per heavy atom. The summed E-state index contributed by atoms with van der Waals surface area (Å²) in [6, 6.07) is 3.46. The molecule has 1 aromatic rings. The molecule has 76 valence electrons. The highest BCUT2D eigenvalue weighted by Crippen LogP contribution is 2.09. The minimum Gasteiger partial charge on any atom is -0.396 e. The number of nitrogens with one attached hydrogen (secondary N) is 2. The highest BCUT2D eigenvalue weighted by Gasteiger charge is 2.04. The predicted octanol–water partition coefficient (Wildman–Crippen LogP) is 0.160. The molecule has 5 N–H and O–H groups in total. The molecule has 0 spiro atoms. The summed E-state index contributed by atoms with van der Waals surface area (Å²) in [4.78, 5) is 4.06. The Hall–Kier alpha value is -1.62. The normalized spacial score (nSPS) is 9.79. The smallest absolute Gasteiger partial charge is 0.136 e. The van der Waals surface area contributed by atoms with Crippen molar-refractivity contribution in [2.24, 2.45) is 5.73 Å². The van der Waals surface area contributed by atoms with Gasteiger partial charge in [-0.15, -0.1) is 0 Å². The minimum absolute atomic E-state index is 0.00963. The van der Waals surface area contributed by atoms with Gasteiger partial charge in [0.05, 0.1) is 5.56 Å². The van der Waals surface area contributed by atoms with Crippen molar-refractivity contribution in [3.05, 3.63) is 23.9 Å². The van der Waals surface area contributed by atoms with Crippen LogP contribution in [0.15, 0.2) is 18.3 Å². The largest absolute Gasteiger partial charge is 0.396 e. The third-order valence-corrected chi connectivity index (χ3v) is 1.73. The summed E-state index contributed by atoms with van der Waals surface area (Å²) in [6.07, 6.45) is 2.28. The molecule has 0 atom stereocenters. The van der Waals surface area contributed by atoms with Gasteiger partial charge in [-0.3, -0.25) is 5.41 Å². The van der Waals surface area contributed by atoms with E-state index in [2.05, 4.69) is 10.3 Å². The summed E-state index contributed by atoms with van der Waals surface area (Å²) < 4.78 is 0. The fourth-order valence-electron chi connectivity index (χ4n) is 1.05. The van der Waals surface area contributed by atoms with Crippen LogP contribution in [0.25, 0.3) is 0 Å². The molecule has 0 saturated carbocycles. The fraction of sp³-hybridized carbons (Fsp3) is 0.333. The number of hydrogen-bond acceptors (Lipinski definition) is 4. The molecule has 0 bridgehead atoms. The Kier molecular flexibility index (Phi) is 3.87. The van der Waals surface area contributed by atoms with Gasteiger partial charge in [0.1, 0.15) is 11.7 Å². The highest BCUT2D eigenvalue weighted by atomic mass is 16.3. The number of anilines is 1. The molecule has 0 amide bonds. The van der Waals surface area contributed by atoms with Crippen LogP contribution in [0.1, 0.15) is 12.0 Å². The molecular weight excluding hydrogens is 180 g/mol. The molecule has 1 heterocycles. The molecule has 0 radical (unpaired) electrons. The van der Waals surface area contributed by atoms with Crippen LogP contribution in [0.3, 0.4) is 0 Å². The lowest BCUT2D eigenvalue weighted by molar-refractivity contribution is 0.292. The van der Waals surface area contributed by atoms with Gasteiger partial charge < -0.3 is 16.2 Å². The quantitative estimate of drug-likeness (QED) is 0.305. The zero-order valence-corrected chi connectivity index (χ0v) is 7.83. The molecule has 1 aromatic heterocycles. The molecule has 5 nitrogen and oxygen atoms in total. The summed E-state index contributed by atoms with van der Waals surface area (Å²) in [5.41, 5.74) is 5.96. The van der Waals surface area contributed by atoms with E-state index in [1.165, 1.54) is 0 Å². The fourth-order valence-corrected chi connectivity index (χ4v) is 1.05. The van der Waals surface area contributed by atoms with Crippen molar-refractivity contribution >= 4 is 11.7 Å². The van der Waals surface area contributed by atoms with Crippen LogP contribution in [0, 0.1) is 5.41 Å². The lowest BCUT2D eigenvalue weighted by Crippen LogP contribution is -2.16. The van der Waals surface area contributed by atoms with E-state index in [0.717, 1.165) is 0 Å². The van der Waals surface area contributed by atoms with Gasteiger partial charge in [0.15, 0.2) is 0 Å². The summed E-state index contributed by atoms with van der Waals surface area (Å²) in [6.45, 7) is 0.753. The number of aliphatic hydroxyl groups excluding tert-OH is 1. The summed E-state index contributed by atoms with van der Waals surface area (Å²) in [7, 11) is 0. The summed E-state index contributed by atoms with van der Waals surface area (Å²) in [5.74, 6) is 0.582. The molecule has 5 heteroatoms. The standard InChI is InChI=1S/C9H14N4O/c10-8(11)7-3-1-4-12-9(7)13-5-2-6-14/h1,3-4,14H,2,5-6H2,(H3,10,11)(H,12,13). The van der Waals surface area contributed by atoms with Crippen LogP contribution in [0.5, 0.6) is 0 Å². The van der Waals surface area contributed by atoms with Crippen LogP contribution < -0.4 is 11.1 Å². The molecule has 0 unspecified atom stereocenters. The van der Waals surface area contributed by atoms with Crippen LogP contribution in [0.2, 0.25) is 0 Å². The van der Waals surface area contributed by atoms with E-state index in [1.54, 1.807) is 18.3 Å². The number of rotatable bonds is 5. The maximum Gasteiger partial charge on any atom is 0.136 e. The van der Waals surface area contributed by atoms with E-state index < -0.39 is 0 Å². The molecule has 0 aliphatic heterocycles. The molecule has 0 fully saturated rings. The first-order valence-electron chi connectivity index (χ1n) is 4.40. The minimum atomic E-state index is -0.00963. The van der Waals surface area contributed by atoms with Gasteiger partial charge in [-0.1, -0.05) is 0 Å². The van der Waals surface area contributed by atoms with Crippen molar-refractivity contribution in [3.8, 4) is 0 Å². The second-order valence-corrected chi connectivity index (χ2v) is 2.82. The maximum atomic E-state index is 8.60. The first-order valence-corrected chi connectivity index (χ1v) is 4.40. The summed E-state index contributed by atoms with van der Waals surface area (Å²) in [5, 5.41) is 18.9. The number of aliphatic hydroxyl groups is 1. The number of hydrogen-bond donors (Lipinski definition) is 4. The van der Waals surface area contributed by atoms with E-state index in [0.29, 0.717) is 24.3 Å². The molecule has 0 aliphatic carbocycles. The zero-order valence-electron chi connectivity index (χ0n) is 7.83. The van der Waals surface area contributed by atoms with Gasteiger partial charge >= 0.3 is 0 Å². The topological polar surface area (TPSA) is 95.0 Å². The predicted molar refractivity (Wildman–Crippen MR) is 55.4 cm³/mol. The van der Waals surface area contributed by atoms with Crippen LogP contribution >= 0.6 is 0 Å². The van der Waals surface area contributed by atoms with Gasteiger partial charge in [-0.05, 0) is 18.6 Å². The maximum absolute atomic E-state index is 8.60. The molecule has 0 aliphatic rings. The van der Waals surface area contributed by atoms with Crippen LogP contribution in [-0.4, -0.2) is 29.1 Å². The Labute approximate surface area is 82.5 Å². The van der Waals surface area contributed by atoms with E-state index in [-0.39, 0.29) is 12.4 Å². The second-order valence-electron chi connectivity index (χ2n) is 2.82. The van der Waals surface area contributed by atoms with Crippen molar-refractivity contribution in [1.82, 2.24) is 4.98 Å². The Morgan fingerprint density at radius 3 is 3.07 bits per heavy atom. The van der Waals surface area contributed by atoms with Crippen molar-refractivity contribution in [3.63, 3.8) is 0 Å². The highest BCUT2D eigenvalue weighted by molar-refractivity contribution is 5.99. The number of pyridine rings is 1. The van der Waals surface area contributed by atoms with E-state index >= 15 is 0 Å². The molecule has 14 heavy (non-hydrogen) atoms. The number of amidine groups is 1. The number of nitrogens with zero attached hydrogens (tertiary/aromatic N) is 1. The van der Waals surface area contributed by atoms with Crippen LogP contribution in [-0.2, 0) is 0 Å². The SMILES string of the molecule is N=C(N)c1cccnc1NCCCO.